The molecule has 10 heteroatoms. The van der Waals surface area contributed by atoms with Crippen LogP contribution in [-0.4, -0.2) is 63.0 Å². The van der Waals surface area contributed by atoms with E-state index in [9.17, 15) is 0 Å². The molecular formula is C29H34N8O2. The summed E-state index contributed by atoms with van der Waals surface area (Å²) in [5.74, 6) is 3.86. The van der Waals surface area contributed by atoms with Crippen LogP contribution in [0, 0.1) is 11.8 Å². The number of ether oxygens (including phenoxy) is 2. The van der Waals surface area contributed by atoms with Crippen LogP contribution < -0.4 is 20.5 Å². The van der Waals surface area contributed by atoms with Gasteiger partial charge in [0.25, 0.3) is 0 Å². The topological polar surface area (TPSA) is 116 Å². The van der Waals surface area contributed by atoms with Crippen LogP contribution in [0.15, 0.2) is 36.7 Å². The van der Waals surface area contributed by atoms with Gasteiger partial charge in [-0.2, -0.15) is 9.67 Å². The number of likely N-dealkylation sites (tertiary alicyclic amines) is 1. The number of hydrogen-bond acceptors (Lipinski definition) is 9. The summed E-state index contributed by atoms with van der Waals surface area (Å²) in [7, 11) is 3.19. The fourth-order valence-electron chi connectivity index (χ4n) is 7.09. The Hall–Kier alpha value is -3.92. The van der Waals surface area contributed by atoms with E-state index >= 15 is 0 Å². The molecule has 2 bridgehead atoms. The summed E-state index contributed by atoms with van der Waals surface area (Å²) in [5.41, 5.74) is 10.9. The summed E-state index contributed by atoms with van der Waals surface area (Å²) in [6.45, 7) is 2.55. The van der Waals surface area contributed by atoms with Crippen LogP contribution in [0.1, 0.15) is 36.8 Å². The minimum atomic E-state index is 0.229. The Kier molecular flexibility index (Phi) is 5.99. The number of nitrogens with zero attached hydrogens (tertiary/aromatic N) is 6. The van der Waals surface area contributed by atoms with Gasteiger partial charge in [0.1, 0.15) is 6.33 Å². The molecule has 3 atom stereocenters. The summed E-state index contributed by atoms with van der Waals surface area (Å²) in [6, 6.07) is 11.1. The fraction of sp³-hybridized carbons (Fsp3) is 0.448. The smallest absolute Gasteiger partial charge is 0.248 e. The fourth-order valence-corrected chi connectivity index (χ4v) is 7.09. The number of hydrogen-bond donors (Lipinski definition) is 2. The molecule has 3 unspecified atom stereocenters. The second kappa shape index (κ2) is 9.68. The third-order valence-electron chi connectivity index (χ3n) is 8.82. The number of methoxy groups -OCH3 is 2. The van der Waals surface area contributed by atoms with E-state index in [1.165, 1.54) is 67.3 Å². The number of benzene rings is 2. The van der Waals surface area contributed by atoms with E-state index in [1.54, 1.807) is 14.2 Å². The van der Waals surface area contributed by atoms with Gasteiger partial charge in [-0.05, 0) is 92.8 Å². The Morgan fingerprint density at radius 3 is 2.44 bits per heavy atom. The highest BCUT2D eigenvalue weighted by atomic mass is 16.5. The van der Waals surface area contributed by atoms with Crippen LogP contribution in [0.4, 0.5) is 17.6 Å². The molecule has 3 N–H and O–H groups in total. The van der Waals surface area contributed by atoms with Crippen LogP contribution in [0.25, 0.3) is 16.7 Å². The zero-order valence-electron chi connectivity index (χ0n) is 22.4. The van der Waals surface area contributed by atoms with E-state index in [1.807, 2.05) is 12.1 Å². The molecule has 202 valence electrons. The molecule has 2 aliphatic carbocycles. The van der Waals surface area contributed by atoms with Crippen LogP contribution in [-0.2, 0) is 12.8 Å². The quantitative estimate of drug-likeness (QED) is 0.382. The van der Waals surface area contributed by atoms with Crippen LogP contribution in [0.3, 0.4) is 0 Å². The van der Waals surface area contributed by atoms with Gasteiger partial charge in [-0.1, -0.05) is 6.07 Å². The van der Waals surface area contributed by atoms with Crippen molar-refractivity contribution in [3.63, 3.8) is 0 Å². The first-order valence-corrected chi connectivity index (χ1v) is 13.8. The van der Waals surface area contributed by atoms with E-state index in [-0.39, 0.29) is 5.95 Å². The first-order chi connectivity index (χ1) is 19.1. The van der Waals surface area contributed by atoms with E-state index in [0.29, 0.717) is 28.8 Å². The average molecular weight is 527 g/mol. The SMILES string of the molecule is COc1cc2ncnc(-n3nc(Nc4ccc5c(c4)CC4CCC(C5)C4N4CCCC4)nc3N)c2cc1OC. The number of nitrogens with two attached hydrogens (primary N) is 1. The molecule has 2 aromatic carbocycles. The molecule has 4 aromatic rings. The summed E-state index contributed by atoms with van der Waals surface area (Å²) in [6.07, 6.45) is 9.22. The van der Waals surface area contributed by atoms with E-state index in [2.05, 4.69) is 48.5 Å². The predicted octanol–water partition coefficient (Wildman–Crippen LogP) is 4.14. The largest absolute Gasteiger partial charge is 0.493 e. The number of aromatic nitrogens is 5. The summed E-state index contributed by atoms with van der Waals surface area (Å²) in [4.78, 5) is 16.1. The molecule has 0 amide bonds. The van der Waals surface area contributed by atoms with Crippen molar-refractivity contribution >= 4 is 28.5 Å². The first kappa shape index (κ1) is 24.1. The lowest BCUT2D eigenvalue weighted by molar-refractivity contribution is 0.159. The Morgan fingerprint density at radius 1 is 0.923 bits per heavy atom. The minimum Gasteiger partial charge on any atom is -0.493 e. The van der Waals surface area contributed by atoms with Crippen molar-refractivity contribution in [2.24, 2.45) is 11.8 Å². The van der Waals surface area contributed by atoms with Crippen LogP contribution in [0.2, 0.25) is 0 Å². The number of fused-ring (bicyclic) bond motifs is 4. The van der Waals surface area contributed by atoms with Crippen molar-refractivity contribution in [2.45, 2.75) is 44.6 Å². The van der Waals surface area contributed by atoms with Gasteiger partial charge in [-0.3, -0.25) is 4.90 Å². The zero-order valence-corrected chi connectivity index (χ0v) is 22.4. The molecule has 3 heterocycles. The molecule has 10 nitrogen and oxygen atoms in total. The summed E-state index contributed by atoms with van der Waals surface area (Å²) >= 11 is 0. The van der Waals surface area contributed by atoms with Gasteiger partial charge < -0.3 is 20.5 Å². The molecule has 0 spiro atoms. The maximum atomic E-state index is 6.32. The van der Waals surface area contributed by atoms with Crippen LogP contribution in [0.5, 0.6) is 11.5 Å². The maximum absolute atomic E-state index is 6.32. The van der Waals surface area contributed by atoms with Crippen molar-refractivity contribution in [1.82, 2.24) is 29.6 Å². The second-order valence-corrected chi connectivity index (χ2v) is 11.0. The Bertz CT molecular complexity index is 1530. The maximum Gasteiger partial charge on any atom is 0.248 e. The van der Waals surface area contributed by atoms with Crippen molar-refractivity contribution in [3.8, 4) is 17.3 Å². The third-order valence-corrected chi connectivity index (χ3v) is 8.82. The highest BCUT2D eigenvalue weighted by molar-refractivity contribution is 5.88. The molecule has 7 rings (SSSR count). The van der Waals surface area contributed by atoms with Gasteiger partial charge in [-0.15, -0.1) is 5.10 Å². The van der Waals surface area contributed by atoms with Crippen molar-refractivity contribution < 1.29 is 9.47 Å². The standard InChI is InChI=1S/C29H34N8O2/c1-38-24-14-22-23(15-25(24)39-2)31-16-32-27(22)37-28(30)34-29(35-37)33-21-8-7-17-11-18-5-6-19(12-20(17)13-21)26(18)36-9-3-4-10-36/h7-8,13-16,18-19,26H,3-6,9-12H2,1-2H3,(H3,30,33,34,35). The lowest BCUT2D eigenvalue weighted by Gasteiger charge is -2.32. The van der Waals surface area contributed by atoms with Gasteiger partial charge in [0, 0.05) is 23.2 Å². The summed E-state index contributed by atoms with van der Waals surface area (Å²) in [5, 5.41) is 8.77. The molecule has 2 aromatic heterocycles. The van der Waals surface area contributed by atoms with E-state index in [4.69, 9.17) is 15.2 Å². The predicted molar refractivity (Wildman–Crippen MR) is 150 cm³/mol. The first-order valence-electron chi connectivity index (χ1n) is 13.8. The van der Waals surface area contributed by atoms with Crippen molar-refractivity contribution in [3.05, 3.63) is 47.8 Å². The van der Waals surface area contributed by atoms with Gasteiger partial charge in [-0.25, -0.2) is 9.97 Å². The normalized spacial score (nSPS) is 22.6. The van der Waals surface area contributed by atoms with E-state index in [0.717, 1.165) is 35.4 Å². The molecule has 3 aliphatic rings. The second-order valence-electron chi connectivity index (χ2n) is 11.0. The minimum absolute atomic E-state index is 0.229. The molecule has 0 radical (unpaired) electrons. The Morgan fingerprint density at radius 2 is 1.67 bits per heavy atom. The molecule has 1 saturated heterocycles. The Labute approximate surface area is 227 Å². The van der Waals surface area contributed by atoms with Gasteiger partial charge in [0.15, 0.2) is 17.3 Å². The van der Waals surface area contributed by atoms with E-state index < -0.39 is 0 Å². The molecule has 2 fully saturated rings. The lowest BCUT2D eigenvalue weighted by atomic mass is 9.93. The van der Waals surface area contributed by atoms with Crippen molar-refractivity contribution in [1.29, 1.82) is 0 Å². The molecular weight excluding hydrogens is 492 g/mol. The van der Waals surface area contributed by atoms with Gasteiger partial charge >= 0.3 is 0 Å². The summed E-state index contributed by atoms with van der Waals surface area (Å²) < 4.78 is 12.4. The highest BCUT2D eigenvalue weighted by Gasteiger charge is 2.42. The van der Waals surface area contributed by atoms with Crippen LogP contribution >= 0.6 is 0 Å². The number of rotatable bonds is 6. The van der Waals surface area contributed by atoms with Gasteiger partial charge in [0.05, 0.1) is 19.7 Å². The van der Waals surface area contributed by atoms with Crippen molar-refractivity contribution in [2.75, 3.05) is 38.4 Å². The highest BCUT2D eigenvalue weighted by Crippen LogP contribution is 2.44. The monoisotopic (exact) mass is 526 g/mol. The molecule has 39 heavy (non-hydrogen) atoms. The molecule has 1 aliphatic heterocycles. The number of anilines is 3. The zero-order chi connectivity index (χ0) is 26.5. The number of nitrogen functional groups attached to an aromatic ring is 1. The number of nitrogens with one attached hydrogen (secondary N) is 1. The average Bonchev–Trinajstić information content (AvgIpc) is 3.66. The lowest BCUT2D eigenvalue weighted by Crippen LogP contribution is -2.40. The third kappa shape index (κ3) is 4.23. The Balaban J connectivity index is 1.16. The van der Waals surface area contributed by atoms with Gasteiger partial charge in [0.2, 0.25) is 11.9 Å². The molecule has 1 saturated carbocycles.